The summed E-state index contributed by atoms with van der Waals surface area (Å²) in [4.78, 5) is 17.1. The highest BCUT2D eigenvalue weighted by atomic mass is 16.5. The number of aromatic nitrogens is 1. The maximum atomic E-state index is 10.8. The highest BCUT2D eigenvalue weighted by Crippen LogP contribution is 2.29. The average molecular weight is 251 g/mol. The Bertz CT molecular complexity index is 474. The Morgan fingerprint density at radius 2 is 2.33 bits per heavy atom. The molecule has 1 aliphatic rings. The minimum atomic E-state index is -1.03. The van der Waals surface area contributed by atoms with E-state index < -0.39 is 5.97 Å². The lowest BCUT2D eigenvalue weighted by atomic mass is 10.0. The van der Waals surface area contributed by atoms with Crippen LogP contribution in [0.3, 0.4) is 0 Å². The molecule has 0 atom stereocenters. The van der Waals surface area contributed by atoms with Gasteiger partial charge in [-0.3, -0.25) is 0 Å². The second-order valence-corrected chi connectivity index (χ2v) is 4.96. The number of pyridine rings is 1. The van der Waals surface area contributed by atoms with Gasteiger partial charge in [-0.1, -0.05) is 0 Å². The van der Waals surface area contributed by atoms with Crippen LogP contribution in [-0.2, 0) is 4.74 Å². The van der Waals surface area contributed by atoms with Gasteiger partial charge in [0.15, 0.2) is 5.82 Å². The van der Waals surface area contributed by atoms with E-state index in [0.717, 1.165) is 0 Å². The third kappa shape index (κ3) is 2.24. The molecule has 6 nitrogen and oxygen atoms in total. The van der Waals surface area contributed by atoms with E-state index in [0.29, 0.717) is 31.3 Å². The first-order chi connectivity index (χ1) is 8.42. The topological polar surface area (TPSA) is 88.7 Å². The van der Waals surface area contributed by atoms with Crippen LogP contribution in [0, 0.1) is 0 Å². The van der Waals surface area contributed by atoms with Crippen molar-refractivity contribution in [3.63, 3.8) is 0 Å². The zero-order valence-corrected chi connectivity index (χ0v) is 10.5. The van der Waals surface area contributed by atoms with Crippen LogP contribution in [0.4, 0.5) is 11.5 Å². The van der Waals surface area contributed by atoms with Crippen molar-refractivity contribution in [2.24, 2.45) is 0 Å². The summed E-state index contributed by atoms with van der Waals surface area (Å²) in [5.74, 6) is -0.407. The van der Waals surface area contributed by atoms with Gasteiger partial charge >= 0.3 is 5.97 Å². The molecule has 98 valence electrons. The van der Waals surface area contributed by atoms with Crippen molar-refractivity contribution in [1.82, 2.24) is 4.98 Å². The summed E-state index contributed by atoms with van der Waals surface area (Å²) >= 11 is 0. The number of morpholine rings is 1. The Morgan fingerprint density at radius 3 is 2.89 bits per heavy atom. The lowest BCUT2D eigenvalue weighted by molar-refractivity contribution is 0.0639. The van der Waals surface area contributed by atoms with Crippen molar-refractivity contribution in [2.45, 2.75) is 19.4 Å². The minimum absolute atomic E-state index is 0.0994. The Morgan fingerprint density at radius 1 is 1.61 bits per heavy atom. The number of hydrogen-bond donors (Lipinski definition) is 2. The highest BCUT2D eigenvalue weighted by molar-refractivity contribution is 5.89. The van der Waals surface area contributed by atoms with Crippen LogP contribution in [0.15, 0.2) is 12.3 Å². The molecule has 0 bridgehead atoms. The molecule has 1 aliphatic heterocycles. The number of aromatic carboxylic acids is 1. The van der Waals surface area contributed by atoms with Gasteiger partial charge in [0.1, 0.15) is 0 Å². The Kier molecular flexibility index (Phi) is 3.13. The number of anilines is 2. The largest absolute Gasteiger partial charge is 0.478 e. The van der Waals surface area contributed by atoms with Gasteiger partial charge in [-0.2, -0.15) is 0 Å². The van der Waals surface area contributed by atoms with E-state index >= 15 is 0 Å². The summed E-state index contributed by atoms with van der Waals surface area (Å²) in [7, 11) is 0. The van der Waals surface area contributed by atoms with Crippen molar-refractivity contribution in [3.05, 3.63) is 17.8 Å². The molecule has 2 heterocycles. The zero-order valence-electron chi connectivity index (χ0n) is 10.5. The maximum Gasteiger partial charge on any atom is 0.337 e. The zero-order chi connectivity index (χ0) is 13.3. The van der Waals surface area contributed by atoms with E-state index in [1.807, 2.05) is 13.8 Å². The minimum Gasteiger partial charge on any atom is -0.478 e. The summed E-state index contributed by atoms with van der Waals surface area (Å²) in [6.45, 7) is 5.98. The molecule has 0 aromatic carbocycles. The van der Waals surface area contributed by atoms with E-state index in [9.17, 15) is 4.79 Å². The molecule has 18 heavy (non-hydrogen) atoms. The number of carboxylic acid groups (broad SMARTS) is 1. The number of nitrogen functional groups attached to an aromatic ring is 1. The molecule has 2 rings (SSSR count). The van der Waals surface area contributed by atoms with Gasteiger partial charge in [-0.05, 0) is 19.9 Å². The van der Waals surface area contributed by atoms with Crippen LogP contribution in [0.5, 0.6) is 0 Å². The van der Waals surface area contributed by atoms with Gasteiger partial charge in [0.25, 0.3) is 0 Å². The van der Waals surface area contributed by atoms with Gasteiger partial charge in [0.2, 0.25) is 0 Å². The van der Waals surface area contributed by atoms with E-state index in [1.54, 1.807) is 0 Å². The number of carbonyl (C=O) groups is 1. The van der Waals surface area contributed by atoms with Crippen molar-refractivity contribution in [3.8, 4) is 0 Å². The first-order valence-electron chi connectivity index (χ1n) is 5.76. The van der Waals surface area contributed by atoms with Crippen LogP contribution in [-0.4, -0.2) is 41.4 Å². The Labute approximate surface area is 105 Å². The fourth-order valence-corrected chi connectivity index (χ4v) is 2.07. The molecule has 1 aromatic rings. The third-order valence-corrected chi connectivity index (χ3v) is 3.04. The average Bonchev–Trinajstić information content (AvgIpc) is 2.29. The van der Waals surface area contributed by atoms with Crippen LogP contribution in [0.25, 0.3) is 0 Å². The van der Waals surface area contributed by atoms with Crippen molar-refractivity contribution in [2.75, 3.05) is 30.4 Å². The first-order valence-corrected chi connectivity index (χ1v) is 5.76. The van der Waals surface area contributed by atoms with Crippen LogP contribution in [0.2, 0.25) is 0 Å². The smallest absolute Gasteiger partial charge is 0.337 e. The molecular weight excluding hydrogens is 234 g/mol. The standard InChI is InChI=1S/C12H17N3O3/c1-12(2)7-18-4-3-15(12)10-9(13)5-8(6-14-10)11(16)17/h5-6H,3-4,7,13H2,1-2H3,(H,16,17). The fraction of sp³-hybridized carbons (Fsp3) is 0.500. The van der Waals surface area contributed by atoms with Crippen LogP contribution >= 0.6 is 0 Å². The number of hydrogen-bond acceptors (Lipinski definition) is 5. The predicted octanol–water partition coefficient (Wildman–Crippen LogP) is 0.977. The molecule has 0 saturated carbocycles. The van der Waals surface area contributed by atoms with E-state index in [2.05, 4.69) is 9.88 Å². The molecule has 3 N–H and O–H groups in total. The third-order valence-electron chi connectivity index (χ3n) is 3.04. The van der Waals surface area contributed by atoms with Gasteiger partial charge < -0.3 is 20.5 Å². The molecule has 0 amide bonds. The number of carboxylic acids is 1. The molecule has 1 saturated heterocycles. The Hall–Kier alpha value is -1.82. The number of nitrogens with two attached hydrogens (primary N) is 1. The highest BCUT2D eigenvalue weighted by Gasteiger charge is 2.32. The molecular formula is C12H17N3O3. The van der Waals surface area contributed by atoms with Gasteiger partial charge in [-0.25, -0.2) is 9.78 Å². The van der Waals surface area contributed by atoms with Crippen molar-refractivity contribution >= 4 is 17.5 Å². The van der Waals surface area contributed by atoms with E-state index in [1.165, 1.54) is 12.3 Å². The predicted molar refractivity (Wildman–Crippen MR) is 67.9 cm³/mol. The van der Waals surface area contributed by atoms with Gasteiger partial charge in [-0.15, -0.1) is 0 Å². The summed E-state index contributed by atoms with van der Waals surface area (Å²) in [5, 5.41) is 8.88. The second-order valence-electron chi connectivity index (χ2n) is 4.96. The van der Waals surface area contributed by atoms with Crippen molar-refractivity contribution < 1.29 is 14.6 Å². The van der Waals surface area contributed by atoms with Crippen LogP contribution < -0.4 is 10.6 Å². The maximum absolute atomic E-state index is 10.8. The molecule has 1 aromatic heterocycles. The molecule has 0 aliphatic carbocycles. The fourth-order valence-electron chi connectivity index (χ4n) is 2.07. The Balaban J connectivity index is 2.36. The number of nitrogens with zero attached hydrogens (tertiary/aromatic N) is 2. The summed E-state index contributed by atoms with van der Waals surface area (Å²) in [6.07, 6.45) is 1.33. The molecule has 1 fully saturated rings. The number of ether oxygens (including phenoxy) is 1. The monoisotopic (exact) mass is 251 g/mol. The van der Waals surface area contributed by atoms with Gasteiger partial charge in [0.05, 0.1) is 30.0 Å². The lowest BCUT2D eigenvalue weighted by Gasteiger charge is -2.43. The normalized spacial score (nSPS) is 18.7. The van der Waals surface area contributed by atoms with Gasteiger partial charge in [0, 0.05) is 12.7 Å². The molecule has 0 radical (unpaired) electrons. The van der Waals surface area contributed by atoms with Crippen molar-refractivity contribution in [1.29, 1.82) is 0 Å². The summed E-state index contributed by atoms with van der Waals surface area (Å²) in [6, 6.07) is 1.44. The van der Waals surface area contributed by atoms with E-state index in [4.69, 9.17) is 15.6 Å². The lowest BCUT2D eigenvalue weighted by Crippen LogP contribution is -2.53. The summed E-state index contributed by atoms with van der Waals surface area (Å²) in [5.41, 5.74) is 6.18. The summed E-state index contributed by atoms with van der Waals surface area (Å²) < 4.78 is 5.43. The second kappa shape index (κ2) is 4.45. The van der Waals surface area contributed by atoms with E-state index in [-0.39, 0.29) is 11.1 Å². The SMILES string of the molecule is CC1(C)COCCN1c1ncc(C(=O)O)cc1N. The molecule has 0 spiro atoms. The first kappa shape index (κ1) is 12.6. The number of rotatable bonds is 2. The quantitative estimate of drug-likeness (QED) is 0.814. The van der Waals surface area contributed by atoms with Crippen LogP contribution in [0.1, 0.15) is 24.2 Å². The molecule has 6 heteroatoms. The molecule has 0 unspecified atom stereocenters.